The molecule has 0 radical (unpaired) electrons. The average Bonchev–Trinajstić information content (AvgIpc) is 2.96. The zero-order chi connectivity index (χ0) is 20.7. The second-order valence-corrected chi connectivity index (χ2v) is 7.23. The standard InChI is InChI=1S/C20H29N3O5/c1-13(2)17(12-24)21-18(25)9-8-16-19(26)23(20(27)22-16)11-10-14-4-6-15(28-3)7-5-14/h4-7,13,16-17,24H,8-12H2,1-3H3,(H,21,25)(H,22,27)/t16-,17-/m1/s1. The van der Waals surface area contributed by atoms with Gasteiger partial charge in [-0.1, -0.05) is 26.0 Å². The molecule has 3 N–H and O–H groups in total. The van der Waals surface area contributed by atoms with E-state index in [9.17, 15) is 19.5 Å². The third-order valence-electron chi connectivity index (χ3n) is 4.90. The quantitative estimate of drug-likeness (QED) is 0.517. The van der Waals surface area contributed by atoms with Crippen LogP contribution in [0.1, 0.15) is 32.3 Å². The van der Waals surface area contributed by atoms with Crippen molar-refractivity contribution in [1.29, 1.82) is 0 Å². The summed E-state index contributed by atoms with van der Waals surface area (Å²) in [6.07, 6.45) is 0.876. The van der Waals surface area contributed by atoms with E-state index in [1.54, 1.807) is 7.11 Å². The molecule has 8 nitrogen and oxygen atoms in total. The van der Waals surface area contributed by atoms with E-state index < -0.39 is 12.1 Å². The van der Waals surface area contributed by atoms with Gasteiger partial charge in [0.25, 0.3) is 5.91 Å². The summed E-state index contributed by atoms with van der Waals surface area (Å²) in [5, 5.41) is 14.7. The Morgan fingerprint density at radius 1 is 1.29 bits per heavy atom. The lowest BCUT2D eigenvalue weighted by Gasteiger charge is -2.20. The number of amides is 4. The fraction of sp³-hybridized carbons (Fsp3) is 0.550. The Bertz CT molecular complexity index is 690. The number of carbonyl (C=O) groups excluding carboxylic acids is 3. The molecule has 1 heterocycles. The van der Waals surface area contributed by atoms with E-state index in [0.717, 1.165) is 11.3 Å². The van der Waals surface area contributed by atoms with Crippen LogP contribution < -0.4 is 15.4 Å². The molecule has 0 spiro atoms. The highest BCUT2D eigenvalue weighted by Crippen LogP contribution is 2.15. The predicted octanol–water partition coefficient (Wildman–Crippen LogP) is 1.07. The van der Waals surface area contributed by atoms with Crippen LogP contribution in [0.3, 0.4) is 0 Å². The van der Waals surface area contributed by atoms with Gasteiger partial charge in [0.05, 0.1) is 19.8 Å². The van der Waals surface area contributed by atoms with Gasteiger partial charge in [-0.05, 0) is 36.5 Å². The Morgan fingerprint density at radius 3 is 2.54 bits per heavy atom. The first-order chi connectivity index (χ1) is 13.3. The van der Waals surface area contributed by atoms with Crippen LogP contribution in [0.25, 0.3) is 0 Å². The van der Waals surface area contributed by atoms with Crippen LogP contribution in [0, 0.1) is 5.92 Å². The Kier molecular flexibility index (Phi) is 7.80. The van der Waals surface area contributed by atoms with Gasteiger partial charge in [-0.3, -0.25) is 14.5 Å². The van der Waals surface area contributed by atoms with Crippen LogP contribution in [0.4, 0.5) is 4.79 Å². The molecule has 0 aliphatic carbocycles. The Labute approximate surface area is 165 Å². The zero-order valence-corrected chi connectivity index (χ0v) is 16.6. The largest absolute Gasteiger partial charge is 0.497 e. The summed E-state index contributed by atoms with van der Waals surface area (Å²) >= 11 is 0. The van der Waals surface area contributed by atoms with Crippen LogP contribution in [0.2, 0.25) is 0 Å². The van der Waals surface area contributed by atoms with Gasteiger partial charge in [-0.25, -0.2) is 4.79 Å². The number of rotatable bonds is 10. The van der Waals surface area contributed by atoms with Crippen molar-refractivity contribution < 1.29 is 24.2 Å². The number of carbonyl (C=O) groups is 3. The minimum Gasteiger partial charge on any atom is -0.497 e. The average molecular weight is 391 g/mol. The monoisotopic (exact) mass is 391 g/mol. The smallest absolute Gasteiger partial charge is 0.324 e. The summed E-state index contributed by atoms with van der Waals surface area (Å²) in [5.74, 6) is 0.300. The molecule has 0 saturated carbocycles. The number of nitrogens with zero attached hydrogens (tertiary/aromatic N) is 1. The normalized spacial score (nSPS) is 17.6. The molecule has 2 rings (SSSR count). The first kappa shape index (κ1) is 21.7. The summed E-state index contributed by atoms with van der Waals surface area (Å²) in [6.45, 7) is 3.95. The molecule has 0 unspecified atom stereocenters. The number of hydrogen-bond donors (Lipinski definition) is 3. The minimum absolute atomic E-state index is 0.103. The number of aliphatic hydroxyl groups is 1. The van der Waals surface area contributed by atoms with Crippen molar-refractivity contribution in [2.45, 2.75) is 45.2 Å². The molecule has 0 aromatic heterocycles. The number of benzene rings is 1. The van der Waals surface area contributed by atoms with Crippen LogP contribution in [0.5, 0.6) is 5.75 Å². The molecular weight excluding hydrogens is 362 g/mol. The van der Waals surface area contributed by atoms with Gasteiger partial charge >= 0.3 is 6.03 Å². The minimum atomic E-state index is -0.694. The van der Waals surface area contributed by atoms with E-state index in [0.29, 0.717) is 6.42 Å². The summed E-state index contributed by atoms with van der Waals surface area (Å²) in [7, 11) is 1.59. The van der Waals surface area contributed by atoms with E-state index in [4.69, 9.17) is 4.74 Å². The zero-order valence-electron chi connectivity index (χ0n) is 16.6. The summed E-state index contributed by atoms with van der Waals surface area (Å²) in [6, 6.07) is 6.01. The lowest BCUT2D eigenvalue weighted by atomic mass is 10.0. The molecule has 1 aliphatic rings. The van der Waals surface area contributed by atoms with Crippen LogP contribution in [-0.4, -0.2) is 60.2 Å². The second kappa shape index (κ2) is 10.1. The molecular formula is C20H29N3O5. The van der Waals surface area contributed by atoms with Gasteiger partial charge < -0.3 is 20.5 Å². The summed E-state index contributed by atoms with van der Waals surface area (Å²) in [5.41, 5.74) is 0.993. The number of urea groups is 1. The summed E-state index contributed by atoms with van der Waals surface area (Å²) in [4.78, 5) is 37.8. The van der Waals surface area contributed by atoms with Crippen LogP contribution >= 0.6 is 0 Å². The van der Waals surface area contributed by atoms with Crippen molar-refractivity contribution in [2.75, 3.05) is 20.3 Å². The molecule has 28 heavy (non-hydrogen) atoms. The fourth-order valence-corrected chi connectivity index (χ4v) is 2.99. The third kappa shape index (κ3) is 5.69. The number of aliphatic hydroxyl groups excluding tert-OH is 1. The molecule has 154 valence electrons. The molecule has 1 aliphatic heterocycles. The van der Waals surface area contributed by atoms with Crippen LogP contribution in [-0.2, 0) is 16.0 Å². The first-order valence-electron chi connectivity index (χ1n) is 9.50. The number of ether oxygens (including phenoxy) is 1. The van der Waals surface area contributed by atoms with Gasteiger partial charge in [-0.2, -0.15) is 0 Å². The fourth-order valence-electron chi connectivity index (χ4n) is 2.99. The van der Waals surface area contributed by atoms with Crippen LogP contribution in [0.15, 0.2) is 24.3 Å². The third-order valence-corrected chi connectivity index (χ3v) is 4.90. The summed E-state index contributed by atoms with van der Waals surface area (Å²) < 4.78 is 5.11. The molecule has 8 heteroatoms. The van der Waals surface area contributed by atoms with Crippen molar-refractivity contribution in [3.8, 4) is 5.75 Å². The topological polar surface area (TPSA) is 108 Å². The second-order valence-electron chi connectivity index (χ2n) is 7.23. The van der Waals surface area contributed by atoms with E-state index in [1.807, 2.05) is 38.1 Å². The maximum atomic E-state index is 12.5. The van der Waals surface area contributed by atoms with Crippen molar-refractivity contribution in [2.24, 2.45) is 5.92 Å². The van der Waals surface area contributed by atoms with Crippen molar-refractivity contribution >= 4 is 17.8 Å². The van der Waals surface area contributed by atoms with E-state index in [-0.39, 0.29) is 49.8 Å². The van der Waals surface area contributed by atoms with Crippen molar-refractivity contribution in [3.05, 3.63) is 29.8 Å². The highest BCUT2D eigenvalue weighted by Gasteiger charge is 2.37. The lowest BCUT2D eigenvalue weighted by Crippen LogP contribution is -2.42. The molecule has 1 aromatic rings. The number of hydrogen-bond acceptors (Lipinski definition) is 5. The van der Waals surface area contributed by atoms with E-state index in [1.165, 1.54) is 4.90 Å². The maximum Gasteiger partial charge on any atom is 0.324 e. The van der Waals surface area contributed by atoms with E-state index >= 15 is 0 Å². The van der Waals surface area contributed by atoms with Crippen molar-refractivity contribution in [1.82, 2.24) is 15.5 Å². The Morgan fingerprint density at radius 2 is 1.96 bits per heavy atom. The lowest BCUT2D eigenvalue weighted by molar-refractivity contribution is -0.127. The van der Waals surface area contributed by atoms with Crippen molar-refractivity contribution in [3.63, 3.8) is 0 Å². The highest BCUT2D eigenvalue weighted by molar-refractivity contribution is 6.04. The molecule has 0 bridgehead atoms. The number of nitrogens with one attached hydrogen (secondary N) is 2. The Balaban J connectivity index is 1.82. The maximum absolute atomic E-state index is 12.5. The molecule has 1 aromatic carbocycles. The number of imide groups is 1. The molecule has 2 atom stereocenters. The van der Waals surface area contributed by atoms with Gasteiger partial charge in [0, 0.05) is 13.0 Å². The van der Waals surface area contributed by atoms with Gasteiger partial charge in [-0.15, -0.1) is 0 Å². The number of methoxy groups -OCH3 is 1. The van der Waals surface area contributed by atoms with Gasteiger partial charge in [0.1, 0.15) is 11.8 Å². The molecule has 1 fully saturated rings. The highest BCUT2D eigenvalue weighted by atomic mass is 16.5. The molecule has 1 saturated heterocycles. The van der Waals surface area contributed by atoms with E-state index in [2.05, 4.69) is 10.6 Å². The predicted molar refractivity (Wildman–Crippen MR) is 104 cm³/mol. The molecule has 4 amide bonds. The van der Waals surface area contributed by atoms with Gasteiger partial charge in [0.15, 0.2) is 0 Å². The SMILES string of the molecule is COc1ccc(CCN2C(=O)N[C@H](CCC(=O)N[C@H](CO)C(C)C)C2=O)cc1. The Hall–Kier alpha value is -2.61. The first-order valence-corrected chi connectivity index (χ1v) is 9.50. The van der Waals surface area contributed by atoms with Gasteiger partial charge in [0.2, 0.25) is 5.91 Å².